The van der Waals surface area contributed by atoms with Crippen LogP contribution in [-0.2, 0) is 6.42 Å². The van der Waals surface area contributed by atoms with Crippen molar-refractivity contribution in [1.82, 2.24) is 20.0 Å². The van der Waals surface area contributed by atoms with E-state index in [0.717, 1.165) is 34.3 Å². The number of benzene rings is 2. The topological polar surface area (TPSA) is 69.3 Å². The molecule has 0 atom stereocenters. The molecule has 1 saturated heterocycles. The van der Waals surface area contributed by atoms with Crippen LogP contribution in [0.1, 0.15) is 11.3 Å². The summed E-state index contributed by atoms with van der Waals surface area (Å²) in [4.78, 5) is 27.6. The molecular formula is C22H24FN4O2P. The number of rotatable bonds is 3. The fraction of sp³-hybridized carbons (Fsp3) is 0.318. The highest BCUT2D eigenvalue weighted by atomic mass is 31.1. The summed E-state index contributed by atoms with van der Waals surface area (Å²) < 4.78 is 14.6. The normalized spacial score (nSPS) is 14.8. The summed E-state index contributed by atoms with van der Waals surface area (Å²) in [6, 6.07) is 12.6. The van der Waals surface area contributed by atoms with Gasteiger partial charge in [-0.25, -0.2) is 14.3 Å². The van der Waals surface area contributed by atoms with Crippen LogP contribution in [0.15, 0.2) is 47.3 Å². The monoisotopic (exact) mass is 426 g/mol. The van der Waals surface area contributed by atoms with Gasteiger partial charge in [0.15, 0.2) is 0 Å². The van der Waals surface area contributed by atoms with Crippen LogP contribution in [-0.4, -0.2) is 65.5 Å². The third-order valence-electron chi connectivity index (χ3n) is 5.43. The Bertz CT molecular complexity index is 1140. The second-order valence-electron chi connectivity index (χ2n) is 7.66. The maximum Gasteiger partial charge on any atom is 0.319 e. The summed E-state index contributed by atoms with van der Waals surface area (Å²) >= 11 is 0. The van der Waals surface area contributed by atoms with Crippen LogP contribution in [0.5, 0.6) is 0 Å². The second kappa shape index (κ2) is 8.52. The van der Waals surface area contributed by atoms with E-state index in [0.29, 0.717) is 24.9 Å². The number of nitrogens with one attached hydrogen (secondary N) is 1. The molecule has 30 heavy (non-hydrogen) atoms. The molecule has 1 fully saturated rings. The van der Waals surface area contributed by atoms with Gasteiger partial charge in [-0.3, -0.25) is 4.79 Å². The number of nitrogens with zero attached hydrogens (tertiary/aromatic N) is 3. The fourth-order valence-electron chi connectivity index (χ4n) is 3.83. The lowest BCUT2D eigenvalue weighted by molar-refractivity contribution is 0.175. The number of carbonyl (C=O) groups is 1. The van der Waals surface area contributed by atoms with Gasteiger partial charge in [-0.1, -0.05) is 32.2 Å². The predicted molar refractivity (Wildman–Crippen MR) is 119 cm³/mol. The van der Waals surface area contributed by atoms with E-state index in [1.54, 1.807) is 31.1 Å². The summed E-state index contributed by atoms with van der Waals surface area (Å²) in [5.74, 6) is -0.184. The minimum Gasteiger partial charge on any atom is -0.331 e. The first-order chi connectivity index (χ1) is 14.4. The van der Waals surface area contributed by atoms with Gasteiger partial charge in [0.05, 0.1) is 11.1 Å². The Morgan fingerprint density at radius 2 is 1.87 bits per heavy atom. The van der Waals surface area contributed by atoms with Crippen molar-refractivity contribution in [3.8, 4) is 0 Å². The van der Waals surface area contributed by atoms with Crippen LogP contribution in [0.4, 0.5) is 9.18 Å². The van der Waals surface area contributed by atoms with Gasteiger partial charge in [-0.05, 0) is 36.1 Å². The highest BCUT2D eigenvalue weighted by Gasteiger charge is 2.26. The third kappa shape index (κ3) is 4.08. The van der Waals surface area contributed by atoms with E-state index < -0.39 is 7.92 Å². The molecule has 4 rings (SSSR count). The molecule has 0 unspecified atom stereocenters. The molecule has 1 aliphatic heterocycles. The second-order valence-corrected chi connectivity index (χ2v) is 10.1. The van der Waals surface area contributed by atoms with E-state index in [1.807, 2.05) is 29.2 Å². The Hall–Kier alpha value is -2.79. The average Bonchev–Trinajstić information content (AvgIpc) is 2.76. The number of halogens is 1. The van der Waals surface area contributed by atoms with Crippen molar-refractivity contribution in [3.05, 3.63) is 69.9 Å². The molecular weight excluding hydrogens is 402 g/mol. The summed E-state index contributed by atoms with van der Waals surface area (Å²) in [6.45, 7) is 1.30. The molecule has 2 heterocycles. The number of amides is 2. The van der Waals surface area contributed by atoms with Crippen molar-refractivity contribution in [3.63, 3.8) is 0 Å². The number of H-pyrrole nitrogens is 1. The zero-order valence-electron chi connectivity index (χ0n) is 17.1. The molecule has 3 aromatic rings. The molecule has 0 spiro atoms. The first kappa shape index (κ1) is 20.5. The van der Waals surface area contributed by atoms with Gasteiger partial charge in [-0.15, -0.1) is 0 Å². The molecule has 6 nitrogen and oxygen atoms in total. The van der Waals surface area contributed by atoms with Gasteiger partial charge >= 0.3 is 6.03 Å². The van der Waals surface area contributed by atoms with E-state index in [-0.39, 0.29) is 17.4 Å². The van der Waals surface area contributed by atoms with Crippen LogP contribution in [0.2, 0.25) is 0 Å². The van der Waals surface area contributed by atoms with Crippen LogP contribution < -0.4 is 10.9 Å². The number of fused-ring (bicyclic) bond motifs is 1. The molecule has 1 N–H and O–H groups in total. The Morgan fingerprint density at radius 1 is 1.17 bits per heavy atom. The quantitative estimate of drug-likeness (QED) is 0.655. The number of aromatic amines is 1. The number of hydrogen-bond acceptors (Lipinski definition) is 3. The van der Waals surface area contributed by atoms with Gasteiger partial charge in [0.2, 0.25) is 0 Å². The molecule has 1 aliphatic rings. The highest BCUT2D eigenvalue weighted by Crippen LogP contribution is 2.38. The van der Waals surface area contributed by atoms with Crippen LogP contribution in [0.3, 0.4) is 0 Å². The Labute approximate surface area is 175 Å². The van der Waals surface area contributed by atoms with E-state index in [1.165, 1.54) is 6.07 Å². The molecule has 2 amide bonds. The number of carbonyl (C=O) groups excluding carboxylic acids is 1. The minimum absolute atomic E-state index is 0.00916. The zero-order valence-corrected chi connectivity index (χ0v) is 18.0. The molecule has 0 bridgehead atoms. The smallest absolute Gasteiger partial charge is 0.319 e. The van der Waals surface area contributed by atoms with Gasteiger partial charge in [-0.2, -0.15) is 5.10 Å². The summed E-state index contributed by atoms with van der Waals surface area (Å²) in [5.41, 5.74) is 1.52. The van der Waals surface area contributed by atoms with Gasteiger partial charge in [0.25, 0.3) is 5.56 Å². The lowest BCUT2D eigenvalue weighted by Gasteiger charge is -2.34. The van der Waals surface area contributed by atoms with E-state index >= 15 is 0 Å². The summed E-state index contributed by atoms with van der Waals surface area (Å²) in [5, 5.41) is 8.97. The van der Waals surface area contributed by atoms with E-state index in [2.05, 4.69) is 10.2 Å². The number of hydrogen-bond donors (Lipinski definition) is 1. The maximum atomic E-state index is 14.6. The van der Waals surface area contributed by atoms with Crippen molar-refractivity contribution >= 4 is 30.0 Å². The Kier molecular flexibility index (Phi) is 5.82. The first-order valence-electron chi connectivity index (χ1n) is 9.90. The molecule has 156 valence electrons. The van der Waals surface area contributed by atoms with Crippen LogP contribution >= 0.6 is 7.92 Å². The fourth-order valence-corrected chi connectivity index (χ4v) is 6.23. The van der Waals surface area contributed by atoms with E-state index in [9.17, 15) is 14.0 Å². The van der Waals surface area contributed by atoms with Gasteiger partial charge < -0.3 is 9.80 Å². The van der Waals surface area contributed by atoms with Gasteiger partial charge in [0, 0.05) is 44.3 Å². The SMILES string of the molecule is CN(C)C(=O)N1CCP(c2cc(Cc3n[nH]c(=O)c4ccccc34)ccc2F)CC1. The first-order valence-corrected chi connectivity index (χ1v) is 11.6. The Balaban J connectivity index is 1.56. The Morgan fingerprint density at radius 3 is 2.57 bits per heavy atom. The van der Waals surface area contributed by atoms with Gasteiger partial charge in [0.1, 0.15) is 5.82 Å². The maximum absolute atomic E-state index is 14.6. The lowest BCUT2D eigenvalue weighted by Crippen LogP contribution is -2.45. The lowest BCUT2D eigenvalue weighted by atomic mass is 10.0. The van der Waals surface area contributed by atoms with Crippen LogP contribution in [0.25, 0.3) is 10.8 Å². The number of aromatic nitrogens is 2. The molecule has 1 aromatic heterocycles. The van der Waals surface area contributed by atoms with Crippen LogP contribution in [0, 0.1) is 5.82 Å². The van der Waals surface area contributed by atoms with E-state index in [4.69, 9.17) is 0 Å². The summed E-state index contributed by atoms with van der Waals surface area (Å²) in [6.07, 6.45) is 2.11. The molecule has 8 heteroatoms. The minimum atomic E-state index is -0.655. The predicted octanol–water partition coefficient (Wildman–Crippen LogP) is 2.76. The molecule has 2 aromatic carbocycles. The standard InChI is InChI=1S/C22H24FN4O2P/c1-26(2)22(29)27-9-11-30(12-10-27)20-14-15(7-8-18(20)23)13-19-16-5-3-4-6-17(16)21(28)25-24-19/h3-8,14H,9-13H2,1-2H3,(H,25,28). The van der Waals surface area contributed by atoms with Crippen molar-refractivity contribution in [1.29, 1.82) is 0 Å². The van der Waals surface area contributed by atoms with Crippen molar-refractivity contribution in [2.75, 3.05) is 39.5 Å². The molecule has 0 aliphatic carbocycles. The third-order valence-corrected chi connectivity index (χ3v) is 7.93. The average molecular weight is 426 g/mol. The van der Waals surface area contributed by atoms with Crippen molar-refractivity contribution < 1.29 is 9.18 Å². The highest BCUT2D eigenvalue weighted by molar-refractivity contribution is 7.65. The largest absolute Gasteiger partial charge is 0.331 e. The molecule has 0 saturated carbocycles. The summed E-state index contributed by atoms with van der Waals surface area (Å²) in [7, 11) is 2.84. The zero-order chi connectivity index (χ0) is 21.3. The van der Waals surface area contributed by atoms with Crippen molar-refractivity contribution in [2.24, 2.45) is 0 Å². The molecule has 0 radical (unpaired) electrons. The van der Waals surface area contributed by atoms with Crippen molar-refractivity contribution in [2.45, 2.75) is 6.42 Å². The number of urea groups is 1.